The van der Waals surface area contributed by atoms with Gasteiger partial charge in [-0.3, -0.25) is 4.79 Å². The van der Waals surface area contributed by atoms with Crippen molar-refractivity contribution in [2.24, 2.45) is 5.92 Å². The lowest BCUT2D eigenvalue weighted by atomic mass is 9.90. The lowest BCUT2D eigenvalue weighted by Crippen LogP contribution is -2.51. The van der Waals surface area contributed by atoms with Crippen molar-refractivity contribution in [2.75, 3.05) is 25.1 Å². The van der Waals surface area contributed by atoms with Crippen LogP contribution >= 0.6 is 0 Å². The lowest BCUT2D eigenvalue weighted by Gasteiger charge is -2.36. The van der Waals surface area contributed by atoms with E-state index in [0.717, 1.165) is 31.7 Å². The molecule has 27 heavy (non-hydrogen) atoms. The second-order valence-electron chi connectivity index (χ2n) is 7.33. The molecule has 0 bridgehead atoms. The molecule has 1 aliphatic heterocycles. The Morgan fingerprint density at radius 1 is 1.26 bits per heavy atom. The molecule has 2 heterocycles. The van der Waals surface area contributed by atoms with Crippen LogP contribution in [-0.2, 0) is 15.7 Å². The van der Waals surface area contributed by atoms with Gasteiger partial charge < -0.3 is 15.0 Å². The second-order valence-corrected chi connectivity index (χ2v) is 7.33. The van der Waals surface area contributed by atoms with E-state index >= 15 is 0 Å². The first-order valence-corrected chi connectivity index (χ1v) is 9.50. The molecule has 1 aromatic rings. The summed E-state index contributed by atoms with van der Waals surface area (Å²) in [4.78, 5) is 18.3. The summed E-state index contributed by atoms with van der Waals surface area (Å²) in [6, 6.07) is 2.30. The minimum atomic E-state index is -4.47. The fourth-order valence-corrected chi connectivity index (χ4v) is 4.10. The Morgan fingerprint density at radius 3 is 2.78 bits per heavy atom. The van der Waals surface area contributed by atoms with E-state index in [1.165, 1.54) is 12.3 Å². The van der Waals surface area contributed by atoms with Crippen molar-refractivity contribution >= 4 is 11.7 Å². The first-order valence-electron chi connectivity index (χ1n) is 9.50. The molecule has 3 atom stereocenters. The highest BCUT2D eigenvalue weighted by Crippen LogP contribution is 2.36. The molecule has 5 nitrogen and oxygen atoms in total. The van der Waals surface area contributed by atoms with Crippen LogP contribution in [-0.4, -0.2) is 43.2 Å². The number of amides is 1. The molecule has 1 N–H and O–H groups in total. The molecule has 2 fully saturated rings. The van der Waals surface area contributed by atoms with Gasteiger partial charge in [0.15, 0.2) is 0 Å². The van der Waals surface area contributed by atoms with Crippen LogP contribution in [0.4, 0.5) is 19.0 Å². The number of halogens is 3. The van der Waals surface area contributed by atoms with Gasteiger partial charge in [-0.15, -0.1) is 0 Å². The normalized spacial score (nSPS) is 26.7. The number of hydrogen-bond donors (Lipinski definition) is 1. The van der Waals surface area contributed by atoms with Crippen LogP contribution in [0.1, 0.15) is 44.1 Å². The molecule has 1 saturated heterocycles. The monoisotopic (exact) mass is 385 g/mol. The summed E-state index contributed by atoms with van der Waals surface area (Å²) in [6.45, 7) is 0.713. The van der Waals surface area contributed by atoms with Gasteiger partial charge in [0.2, 0.25) is 5.91 Å². The highest BCUT2D eigenvalue weighted by Gasteiger charge is 2.38. The van der Waals surface area contributed by atoms with Crippen molar-refractivity contribution in [1.82, 2.24) is 10.3 Å². The SMILES string of the molecule is CO[C@@H]1CCCC[C@H]1NC(=O)C1CCCN(c2ncccc2C(F)(F)F)C1. The van der Waals surface area contributed by atoms with Crippen LogP contribution in [0.15, 0.2) is 18.3 Å². The fraction of sp³-hybridized carbons (Fsp3) is 0.684. The number of aromatic nitrogens is 1. The van der Waals surface area contributed by atoms with Gasteiger partial charge in [0, 0.05) is 26.4 Å². The number of alkyl halides is 3. The minimum absolute atomic E-state index is 0.00927. The van der Waals surface area contributed by atoms with Gasteiger partial charge in [0.1, 0.15) is 5.82 Å². The average molecular weight is 385 g/mol. The topological polar surface area (TPSA) is 54.5 Å². The minimum Gasteiger partial charge on any atom is -0.379 e. The molecule has 150 valence electrons. The summed E-state index contributed by atoms with van der Waals surface area (Å²) in [5.74, 6) is -0.533. The van der Waals surface area contributed by atoms with E-state index in [0.29, 0.717) is 19.4 Å². The number of pyridine rings is 1. The Bertz CT molecular complexity index is 653. The third-order valence-corrected chi connectivity index (χ3v) is 5.52. The number of piperidine rings is 1. The first-order chi connectivity index (χ1) is 12.9. The molecule has 0 aromatic carbocycles. The Labute approximate surface area is 157 Å². The molecule has 0 radical (unpaired) electrons. The molecule has 1 aliphatic carbocycles. The third-order valence-electron chi connectivity index (χ3n) is 5.52. The van der Waals surface area contributed by atoms with Gasteiger partial charge in [-0.2, -0.15) is 13.2 Å². The zero-order chi connectivity index (χ0) is 19.4. The number of hydrogen-bond acceptors (Lipinski definition) is 4. The Hall–Kier alpha value is -1.83. The van der Waals surface area contributed by atoms with Crippen molar-refractivity contribution in [2.45, 2.75) is 56.8 Å². The molecule has 2 aliphatic rings. The molecule has 1 saturated carbocycles. The van der Waals surface area contributed by atoms with Crippen LogP contribution in [0, 0.1) is 5.92 Å². The van der Waals surface area contributed by atoms with Crippen molar-refractivity contribution in [3.05, 3.63) is 23.9 Å². The average Bonchev–Trinajstić information content (AvgIpc) is 2.68. The third kappa shape index (κ3) is 4.72. The van der Waals surface area contributed by atoms with Crippen LogP contribution in [0.5, 0.6) is 0 Å². The number of rotatable bonds is 4. The number of carbonyl (C=O) groups excluding carboxylic acids is 1. The molecular weight excluding hydrogens is 359 g/mol. The highest BCUT2D eigenvalue weighted by molar-refractivity contribution is 5.80. The largest absolute Gasteiger partial charge is 0.419 e. The Kier molecular flexibility index (Phi) is 6.24. The quantitative estimate of drug-likeness (QED) is 0.863. The standard InChI is InChI=1S/C19H26F3N3O2/c1-27-16-9-3-2-8-15(16)24-18(26)13-6-5-11-25(12-13)17-14(19(20,21)22)7-4-10-23-17/h4,7,10,13,15-16H,2-3,5-6,8-9,11-12H2,1H3,(H,24,26)/t13?,15-,16-/m1/s1. The molecule has 0 spiro atoms. The maximum Gasteiger partial charge on any atom is 0.419 e. The predicted molar refractivity (Wildman–Crippen MR) is 95.4 cm³/mol. The van der Waals surface area contributed by atoms with E-state index in [1.54, 1.807) is 12.0 Å². The molecule has 1 amide bonds. The predicted octanol–water partition coefficient (Wildman–Crippen LogP) is 3.39. The number of carbonyl (C=O) groups is 1. The number of nitrogens with zero attached hydrogens (tertiary/aromatic N) is 2. The molecule has 3 rings (SSSR count). The Balaban J connectivity index is 1.68. The van der Waals surface area contributed by atoms with E-state index in [4.69, 9.17) is 4.74 Å². The second kappa shape index (κ2) is 8.46. The Morgan fingerprint density at radius 2 is 2.04 bits per heavy atom. The fourth-order valence-electron chi connectivity index (χ4n) is 4.10. The summed E-state index contributed by atoms with van der Waals surface area (Å²) in [6.07, 6.45) is 2.15. The van der Waals surface area contributed by atoms with Gasteiger partial charge in [0.05, 0.1) is 23.6 Å². The van der Waals surface area contributed by atoms with Crippen LogP contribution < -0.4 is 10.2 Å². The van der Waals surface area contributed by atoms with Gasteiger partial charge in [-0.25, -0.2) is 4.98 Å². The van der Waals surface area contributed by atoms with Crippen LogP contribution in [0.25, 0.3) is 0 Å². The maximum absolute atomic E-state index is 13.3. The van der Waals surface area contributed by atoms with Crippen molar-refractivity contribution < 1.29 is 22.7 Å². The smallest absolute Gasteiger partial charge is 0.379 e. The van der Waals surface area contributed by atoms with E-state index in [1.807, 2.05) is 0 Å². The summed E-state index contributed by atoms with van der Waals surface area (Å²) in [5, 5.41) is 3.07. The van der Waals surface area contributed by atoms with Gasteiger partial charge in [0.25, 0.3) is 0 Å². The zero-order valence-corrected chi connectivity index (χ0v) is 15.5. The van der Waals surface area contributed by atoms with E-state index in [9.17, 15) is 18.0 Å². The molecule has 1 aromatic heterocycles. The highest BCUT2D eigenvalue weighted by atomic mass is 19.4. The number of methoxy groups -OCH3 is 1. The van der Waals surface area contributed by atoms with Crippen molar-refractivity contribution in [1.29, 1.82) is 0 Å². The first kappa shape index (κ1) is 19.9. The lowest BCUT2D eigenvalue weighted by molar-refractivity contribution is -0.137. The van der Waals surface area contributed by atoms with Gasteiger partial charge in [-0.05, 0) is 37.8 Å². The summed E-state index contributed by atoms with van der Waals surface area (Å²) in [5.41, 5.74) is -0.752. The summed E-state index contributed by atoms with van der Waals surface area (Å²) < 4.78 is 45.3. The van der Waals surface area contributed by atoms with Gasteiger partial charge in [-0.1, -0.05) is 12.8 Å². The van der Waals surface area contributed by atoms with Crippen LogP contribution in [0.2, 0.25) is 0 Å². The van der Waals surface area contributed by atoms with E-state index in [-0.39, 0.29) is 36.3 Å². The zero-order valence-electron chi connectivity index (χ0n) is 15.5. The maximum atomic E-state index is 13.3. The number of anilines is 1. The van der Waals surface area contributed by atoms with E-state index in [2.05, 4.69) is 10.3 Å². The van der Waals surface area contributed by atoms with Gasteiger partial charge >= 0.3 is 6.18 Å². The summed E-state index contributed by atoms with van der Waals surface area (Å²) in [7, 11) is 1.65. The van der Waals surface area contributed by atoms with Crippen LogP contribution in [0.3, 0.4) is 0 Å². The van der Waals surface area contributed by atoms with Crippen molar-refractivity contribution in [3.63, 3.8) is 0 Å². The molecular formula is C19H26F3N3O2. The van der Waals surface area contributed by atoms with E-state index < -0.39 is 11.7 Å². The number of ether oxygens (including phenoxy) is 1. The van der Waals surface area contributed by atoms with Crippen molar-refractivity contribution in [3.8, 4) is 0 Å². The number of nitrogens with one attached hydrogen (secondary N) is 1. The molecule has 8 heteroatoms. The molecule has 1 unspecified atom stereocenters. The summed E-state index contributed by atoms with van der Waals surface area (Å²) >= 11 is 0.